The lowest BCUT2D eigenvalue weighted by atomic mass is 10.2. The highest BCUT2D eigenvalue weighted by Crippen LogP contribution is 2.34. The SMILES string of the molecule is COc1ccccc1-c1noc([C@@H]2CCCN2C(=O)c2cnccn2)n1. The summed E-state index contributed by atoms with van der Waals surface area (Å²) in [6, 6.07) is 7.20. The number of para-hydroxylation sites is 1. The number of amides is 1. The van der Waals surface area contributed by atoms with Crippen LogP contribution in [0.15, 0.2) is 47.4 Å². The van der Waals surface area contributed by atoms with Crippen LogP contribution in [0.25, 0.3) is 11.4 Å². The van der Waals surface area contributed by atoms with E-state index in [4.69, 9.17) is 9.26 Å². The smallest absolute Gasteiger partial charge is 0.274 e. The molecule has 1 saturated heterocycles. The van der Waals surface area contributed by atoms with Crippen molar-refractivity contribution in [1.82, 2.24) is 25.0 Å². The number of hydrogen-bond donors (Lipinski definition) is 0. The summed E-state index contributed by atoms with van der Waals surface area (Å²) in [6.07, 6.45) is 6.13. The molecule has 0 aliphatic carbocycles. The Morgan fingerprint density at radius 1 is 1.31 bits per heavy atom. The molecule has 0 saturated carbocycles. The van der Waals surface area contributed by atoms with Crippen molar-refractivity contribution in [3.05, 3.63) is 54.4 Å². The molecule has 1 aliphatic heterocycles. The van der Waals surface area contributed by atoms with E-state index in [1.54, 1.807) is 12.0 Å². The van der Waals surface area contributed by atoms with Gasteiger partial charge in [-0.05, 0) is 25.0 Å². The molecule has 8 nitrogen and oxygen atoms in total. The van der Waals surface area contributed by atoms with Gasteiger partial charge in [0.15, 0.2) is 0 Å². The van der Waals surface area contributed by atoms with Crippen molar-refractivity contribution in [1.29, 1.82) is 0 Å². The molecule has 3 heterocycles. The first kappa shape index (κ1) is 16.2. The van der Waals surface area contributed by atoms with Gasteiger partial charge in [0.2, 0.25) is 11.7 Å². The molecule has 3 aromatic rings. The normalized spacial score (nSPS) is 16.7. The summed E-state index contributed by atoms with van der Waals surface area (Å²) in [5, 5.41) is 4.07. The maximum absolute atomic E-state index is 12.7. The van der Waals surface area contributed by atoms with E-state index in [-0.39, 0.29) is 11.9 Å². The van der Waals surface area contributed by atoms with Crippen LogP contribution in [0.3, 0.4) is 0 Å². The molecule has 0 spiro atoms. The predicted molar refractivity (Wildman–Crippen MR) is 91.3 cm³/mol. The summed E-state index contributed by atoms with van der Waals surface area (Å²) in [6.45, 7) is 0.618. The van der Waals surface area contributed by atoms with Gasteiger partial charge >= 0.3 is 0 Å². The van der Waals surface area contributed by atoms with Gasteiger partial charge in [0, 0.05) is 18.9 Å². The molecule has 0 bridgehead atoms. The van der Waals surface area contributed by atoms with Crippen LogP contribution in [-0.2, 0) is 0 Å². The Balaban J connectivity index is 1.61. The Morgan fingerprint density at radius 2 is 2.19 bits per heavy atom. The number of benzene rings is 1. The standard InChI is InChI=1S/C18H17N5O3/c1-25-15-7-3-2-5-12(15)16-21-17(26-22-16)14-6-4-10-23(14)18(24)13-11-19-8-9-20-13/h2-3,5,7-9,11,14H,4,6,10H2,1H3/t14-/m0/s1. The van der Waals surface area contributed by atoms with Crippen LogP contribution in [0.5, 0.6) is 5.75 Å². The Labute approximate surface area is 149 Å². The van der Waals surface area contributed by atoms with Gasteiger partial charge in [0.1, 0.15) is 17.5 Å². The Bertz CT molecular complexity index is 912. The topological polar surface area (TPSA) is 94.2 Å². The first-order valence-corrected chi connectivity index (χ1v) is 8.32. The van der Waals surface area contributed by atoms with Crippen LogP contribution in [-0.4, -0.2) is 44.6 Å². The van der Waals surface area contributed by atoms with Crippen molar-refractivity contribution in [2.24, 2.45) is 0 Å². The molecule has 2 aromatic heterocycles. The number of methoxy groups -OCH3 is 1. The Kier molecular flexibility index (Phi) is 4.30. The molecular formula is C18H17N5O3. The summed E-state index contributed by atoms with van der Waals surface area (Å²) < 4.78 is 10.8. The first-order valence-electron chi connectivity index (χ1n) is 8.32. The fraction of sp³-hybridized carbons (Fsp3) is 0.278. The second kappa shape index (κ2) is 6.91. The zero-order valence-corrected chi connectivity index (χ0v) is 14.2. The second-order valence-electron chi connectivity index (χ2n) is 5.90. The maximum Gasteiger partial charge on any atom is 0.274 e. The van der Waals surface area contributed by atoms with Crippen molar-refractivity contribution in [2.45, 2.75) is 18.9 Å². The van der Waals surface area contributed by atoms with Gasteiger partial charge in [0.25, 0.3) is 5.91 Å². The molecule has 1 amide bonds. The minimum Gasteiger partial charge on any atom is -0.496 e. The summed E-state index contributed by atoms with van der Waals surface area (Å²) in [5.41, 5.74) is 1.05. The van der Waals surface area contributed by atoms with Gasteiger partial charge < -0.3 is 14.2 Å². The van der Waals surface area contributed by atoms with Crippen LogP contribution in [0.1, 0.15) is 35.3 Å². The fourth-order valence-electron chi connectivity index (χ4n) is 3.13. The number of aromatic nitrogens is 4. The quantitative estimate of drug-likeness (QED) is 0.713. The van der Waals surface area contributed by atoms with Gasteiger partial charge in [-0.15, -0.1) is 0 Å². The molecule has 1 aromatic carbocycles. The molecule has 0 radical (unpaired) electrons. The molecule has 8 heteroatoms. The van der Waals surface area contributed by atoms with Crippen molar-refractivity contribution in [2.75, 3.05) is 13.7 Å². The van der Waals surface area contributed by atoms with Crippen LogP contribution in [0, 0.1) is 0 Å². The van der Waals surface area contributed by atoms with Crippen LogP contribution in [0.2, 0.25) is 0 Å². The van der Waals surface area contributed by atoms with E-state index in [1.165, 1.54) is 18.6 Å². The van der Waals surface area contributed by atoms with Gasteiger partial charge in [-0.25, -0.2) is 4.98 Å². The summed E-state index contributed by atoms with van der Waals surface area (Å²) in [7, 11) is 1.60. The van der Waals surface area contributed by atoms with Crippen molar-refractivity contribution in [3.8, 4) is 17.1 Å². The van der Waals surface area contributed by atoms with Gasteiger partial charge in [0.05, 0.1) is 18.9 Å². The highest BCUT2D eigenvalue weighted by atomic mass is 16.5. The molecular weight excluding hydrogens is 334 g/mol. The van der Waals surface area contributed by atoms with E-state index in [9.17, 15) is 4.79 Å². The predicted octanol–water partition coefficient (Wildman–Crippen LogP) is 2.51. The number of likely N-dealkylation sites (tertiary alicyclic amines) is 1. The minimum absolute atomic E-state index is 0.183. The fourth-order valence-corrected chi connectivity index (χ4v) is 3.13. The van der Waals surface area contributed by atoms with Crippen molar-refractivity contribution >= 4 is 5.91 Å². The molecule has 132 valence electrons. The highest BCUT2D eigenvalue weighted by molar-refractivity contribution is 5.92. The molecule has 0 unspecified atom stereocenters. The molecule has 1 fully saturated rings. The number of rotatable bonds is 4. The molecule has 26 heavy (non-hydrogen) atoms. The summed E-state index contributed by atoms with van der Waals surface area (Å²) in [5.74, 6) is 1.34. The zero-order chi connectivity index (χ0) is 17.9. The number of ether oxygens (including phenoxy) is 1. The van der Waals surface area contributed by atoms with Crippen LogP contribution < -0.4 is 4.74 Å². The zero-order valence-electron chi connectivity index (χ0n) is 14.2. The second-order valence-corrected chi connectivity index (χ2v) is 5.90. The molecule has 4 rings (SSSR count). The molecule has 0 N–H and O–H groups in total. The van der Waals surface area contributed by atoms with Crippen molar-refractivity contribution < 1.29 is 14.1 Å². The Hall–Kier alpha value is -3.29. The highest BCUT2D eigenvalue weighted by Gasteiger charge is 2.35. The lowest BCUT2D eigenvalue weighted by molar-refractivity contribution is 0.0703. The monoisotopic (exact) mass is 351 g/mol. The van der Waals surface area contributed by atoms with E-state index in [2.05, 4.69) is 20.1 Å². The summed E-state index contributed by atoms with van der Waals surface area (Å²) >= 11 is 0. The lowest BCUT2D eigenvalue weighted by Crippen LogP contribution is -2.31. The maximum atomic E-state index is 12.7. The van der Waals surface area contributed by atoms with E-state index in [0.717, 1.165) is 18.4 Å². The van der Waals surface area contributed by atoms with E-state index in [0.29, 0.717) is 29.7 Å². The third kappa shape index (κ3) is 2.90. The minimum atomic E-state index is -0.263. The largest absolute Gasteiger partial charge is 0.496 e. The van der Waals surface area contributed by atoms with Gasteiger partial charge in [-0.2, -0.15) is 4.98 Å². The molecule has 1 atom stereocenters. The first-order chi connectivity index (χ1) is 12.8. The molecule has 1 aliphatic rings. The van der Waals surface area contributed by atoms with Crippen LogP contribution in [0.4, 0.5) is 0 Å². The third-order valence-corrected chi connectivity index (χ3v) is 4.37. The average Bonchev–Trinajstić information content (AvgIpc) is 3.37. The van der Waals surface area contributed by atoms with E-state index < -0.39 is 0 Å². The third-order valence-electron chi connectivity index (χ3n) is 4.37. The summed E-state index contributed by atoms with van der Waals surface area (Å²) in [4.78, 5) is 27.0. The number of carbonyl (C=O) groups is 1. The van der Waals surface area contributed by atoms with E-state index in [1.807, 2.05) is 24.3 Å². The van der Waals surface area contributed by atoms with Gasteiger partial charge in [-0.1, -0.05) is 17.3 Å². The van der Waals surface area contributed by atoms with Gasteiger partial charge in [-0.3, -0.25) is 9.78 Å². The average molecular weight is 351 g/mol. The lowest BCUT2D eigenvalue weighted by Gasteiger charge is -2.21. The van der Waals surface area contributed by atoms with Crippen LogP contribution >= 0.6 is 0 Å². The number of hydrogen-bond acceptors (Lipinski definition) is 7. The van der Waals surface area contributed by atoms with Crippen molar-refractivity contribution in [3.63, 3.8) is 0 Å². The number of carbonyl (C=O) groups excluding carboxylic acids is 1. The number of nitrogens with zero attached hydrogens (tertiary/aromatic N) is 5. The van der Waals surface area contributed by atoms with E-state index >= 15 is 0 Å². The Morgan fingerprint density at radius 3 is 3.00 bits per heavy atom.